The Kier molecular flexibility index (Phi) is 12.6. The average Bonchev–Trinajstić information content (AvgIpc) is 4.06. The van der Waals surface area contributed by atoms with E-state index in [4.69, 9.17) is 4.74 Å². The molecule has 2 saturated heterocycles. The first-order chi connectivity index (χ1) is 28.0. The van der Waals surface area contributed by atoms with Gasteiger partial charge in [0.25, 0.3) is 11.5 Å². The number of piperazine rings is 1. The highest BCUT2D eigenvalue weighted by Crippen LogP contribution is 2.40. The van der Waals surface area contributed by atoms with Gasteiger partial charge in [0.15, 0.2) is 5.82 Å². The molecule has 4 aromatic rings. The Hall–Kier alpha value is -5.48. The molecular formula is C43H52FN9O5. The molecule has 0 radical (unpaired) electrons. The molecule has 1 saturated carbocycles. The number of halogens is 1. The summed E-state index contributed by atoms with van der Waals surface area (Å²) < 4.78 is 22.0. The molecule has 1 aliphatic carbocycles. The standard InChI is InChI=1S/C43H52FN9O5/c1-27-24-52(31-14-20-58-21-15-31)18-19-53(27)38-12-10-30(23-36(38)47-39(55)6-5-17-50(2)3)46-41-43(57)51(4)25-37(48-41)32-13-16-45-40(34(32)26-54)49-42(56)33-11-9-29(22-35(33)44)28-7-8-28/h5-6,9-13,16,22-23,25,27-28,31,54H,7-8,14-15,17-21,24,26H2,1-4H3,(H,46,48)(H,47,55)(H,45,49,56)/b6-5+/t27-/m0/s1. The van der Waals surface area contributed by atoms with E-state index in [1.54, 1.807) is 31.3 Å². The van der Waals surface area contributed by atoms with Crippen LogP contribution in [0.2, 0.25) is 0 Å². The van der Waals surface area contributed by atoms with Gasteiger partial charge in [0, 0.05) is 93.8 Å². The van der Waals surface area contributed by atoms with Gasteiger partial charge in [0.2, 0.25) is 5.91 Å². The summed E-state index contributed by atoms with van der Waals surface area (Å²) in [6.45, 7) is 6.40. The normalized spacial score (nSPS) is 17.8. The van der Waals surface area contributed by atoms with E-state index in [0.717, 1.165) is 69.8 Å². The van der Waals surface area contributed by atoms with Crippen LogP contribution in [0.5, 0.6) is 0 Å². The second-order valence-electron chi connectivity index (χ2n) is 15.6. The van der Waals surface area contributed by atoms with Crippen LogP contribution in [0.4, 0.5) is 33.1 Å². The number of pyridine rings is 1. The second kappa shape index (κ2) is 18.0. The van der Waals surface area contributed by atoms with Crippen molar-refractivity contribution in [3.8, 4) is 11.3 Å². The van der Waals surface area contributed by atoms with E-state index in [2.05, 4.69) is 42.6 Å². The lowest BCUT2D eigenvalue weighted by atomic mass is 10.0. The molecule has 0 unspecified atom stereocenters. The number of nitrogens with zero attached hydrogens (tertiary/aromatic N) is 6. The number of aromatic nitrogens is 3. The molecule has 14 nitrogen and oxygen atoms in total. The average molecular weight is 794 g/mol. The second-order valence-corrected chi connectivity index (χ2v) is 15.6. The minimum absolute atomic E-state index is 0.00143. The van der Waals surface area contributed by atoms with Crippen molar-refractivity contribution in [3.63, 3.8) is 0 Å². The fourth-order valence-corrected chi connectivity index (χ4v) is 7.75. The summed E-state index contributed by atoms with van der Waals surface area (Å²) in [7, 11) is 5.45. The number of benzene rings is 2. The third-order valence-electron chi connectivity index (χ3n) is 11.0. The Morgan fingerprint density at radius 2 is 1.83 bits per heavy atom. The monoisotopic (exact) mass is 793 g/mol. The molecule has 306 valence electrons. The lowest BCUT2D eigenvalue weighted by Crippen LogP contribution is -2.56. The summed E-state index contributed by atoms with van der Waals surface area (Å²) in [6, 6.07) is 12.5. The van der Waals surface area contributed by atoms with Crippen LogP contribution >= 0.6 is 0 Å². The molecule has 3 aliphatic rings. The summed E-state index contributed by atoms with van der Waals surface area (Å²) in [4.78, 5) is 55.7. The summed E-state index contributed by atoms with van der Waals surface area (Å²) in [6.07, 6.45) is 10.4. The van der Waals surface area contributed by atoms with Gasteiger partial charge >= 0.3 is 0 Å². The highest BCUT2D eigenvalue weighted by Gasteiger charge is 2.31. The summed E-state index contributed by atoms with van der Waals surface area (Å²) >= 11 is 0. The summed E-state index contributed by atoms with van der Waals surface area (Å²) in [5, 5.41) is 19.4. The van der Waals surface area contributed by atoms with Gasteiger partial charge in [-0.1, -0.05) is 12.1 Å². The van der Waals surface area contributed by atoms with Crippen molar-refractivity contribution in [2.75, 3.05) is 74.3 Å². The molecule has 1 atom stereocenters. The number of anilines is 5. The van der Waals surface area contributed by atoms with Crippen molar-refractivity contribution in [1.29, 1.82) is 0 Å². The van der Waals surface area contributed by atoms with E-state index in [9.17, 15) is 23.9 Å². The zero-order valence-corrected chi connectivity index (χ0v) is 33.5. The highest BCUT2D eigenvalue weighted by atomic mass is 19.1. The number of aliphatic hydroxyl groups is 1. The number of likely N-dealkylation sites (N-methyl/N-ethyl adjacent to an activating group) is 1. The van der Waals surface area contributed by atoms with E-state index < -0.39 is 23.9 Å². The van der Waals surface area contributed by atoms with Crippen LogP contribution in [0.1, 0.15) is 60.0 Å². The molecule has 4 N–H and O–H groups in total. The number of hydrogen-bond donors (Lipinski definition) is 4. The van der Waals surface area contributed by atoms with Crippen molar-refractivity contribution in [1.82, 2.24) is 24.3 Å². The van der Waals surface area contributed by atoms with E-state index >= 15 is 0 Å². The molecule has 4 heterocycles. The van der Waals surface area contributed by atoms with Crippen LogP contribution in [0.3, 0.4) is 0 Å². The van der Waals surface area contributed by atoms with Gasteiger partial charge in [-0.05, 0) is 94.6 Å². The Balaban J connectivity index is 1.15. The predicted molar refractivity (Wildman–Crippen MR) is 223 cm³/mol. The van der Waals surface area contributed by atoms with E-state index in [1.165, 1.54) is 35.2 Å². The number of amides is 2. The maximum Gasteiger partial charge on any atom is 0.293 e. The van der Waals surface area contributed by atoms with Crippen LogP contribution in [-0.4, -0.2) is 107 Å². The molecule has 0 spiro atoms. The zero-order chi connectivity index (χ0) is 40.9. The number of aliphatic hydroxyl groups excluding tert-OH is 1. The maximum atomic E-state index is 15.0. The van der Waals surface area contributed by atoms with Crippen molar-refractivity contribution in [2.45, 2.75) is 57.2 Å². The first kappa shape index (κ1) is 40.7. The lowest BCUT2D eigenvalue weighted by Gasteiger charge is -2.45. The minimum atomic E-state index is -0.704. The first-order valence-electron chi connectivity index (χ1n) is 19.9. The number of carbonyl (C=O) groups is 2. The van der Waals surface area contributed by atoms with Crippen molar-refractivity contribution >= 4 is 40.5 Å². The SMILES string of the molecule is C[C@H]1CN(C2CCOCC2)CCN1c1ccc(Nc2nc(-c3ccnc(NC(=O)c4ccc(C5CC5)cc4F)c3CO)cn(C)c2=O)cc1NC(=O)/C=C/CN(C)C. The predicted octanol–water partition coefficient (Wildman–Crippen LogP) is 5.09. The number of nitrogens with one attached hydrogen (secondary N) is 3. The summed E-state index contributed by atoms with van der Waals surface area (Å²) in [5.41, 5.74) is 3.26. The van der Waals surface area contributed by atoms with Crippen LogP contribution in [0.15, 0.2) is 71.8 Å². The lowest BCUT2D eigenvalue weighted by molar-refractivity contribution is -0.111. The van der Waals surface area contributed by atoms with Gasteiger partial charge in [0.1, 0.15) is 11.6 Å². The summed E-state index contributed by atoms with van der Waals surface area (Å²) in [5.74, 6) is -1.24. The quantitative estimate of drug-likeness (QED) is 0.134. The van der Waals surface area contributed by atoms with Crippen molar-refractivity contribution < 1.29 is 23.8 Å². The van der Waals surface area contributed by atoms with Gasteiger partial charge in [-0.2, -0.15) is 0 Å². The number of rotatable bonds is 13. The maximum absolute atomic E-state index is 15.0. The van der Waals surface area contributed by atoms with Gasteiger partial charge < -0.3 is 40.2 Å². The zero-order valence-electron chi connectivity index (χ0n) is 33.5. The molecule has 0 bridgehead atoms. The van der Waals surface area contributed by atoms with Gasteiger partial charge in [-0.3, -0.25) is 19.3 Å². The highest BCUT2D eigenvalue weighted by molar-refractivity contribution is 6.05. The van der Waals surface area contributed by atoms with Crippen LogP contribution in [0.25, 0.3) is 11.3 Å². The third kappa shape index (κ3) is 9.45. The smallest absolute Gasteiger partial charge is 0.293 e. The Morgan fingerprint density at radius 1 is 1.03 bits per heavy atom. The van der Waals surface area contributed by atoms with E-state index in [0.29, 0.717) is 41.1 Å². The largest absolute Gasteiger partial charge is 0.392 e. The topological polar surface area (TPSA) is 157 Å². The van der Waals surface area contributed by atoms with Crippen molar-refractivity contribution in [3.05, 3.63) is 99.9 Å². The van der Waals surface area contributed by atoms with E-state index in [1.807, 2.05) is 31.1 Å². The molecule has 2 aromatic heterocycles. The Morgan fingerprint density at radius 3 is 2.53 bits per heavy atom. The van der Waals surface area contributed by atoms with Gasteiger partial charge in [-0.15, -0.1) is 0 Å². The van der Waals surface area contributed by atoms with Gasteiger partial charge in [0.05, 0.1) is 29.2 Å². The number of hydrogen-bond acceptors (Lipinski definition) is 11. The molecule has 3 fully saturated rings. The van der Waals surface area contributed by atoms with E-state index in [-0.39, 0.29) is 34.7 Å². The molecule has 2 aliphatic heterocycles. The molecule has 2 aromatic carbocycles. The Bertz CT molecular complexity index is 2230. The third-order valence-corrected chi connectivity index (χ3v) is 11.0. The van der Waals surface area contributed by atoms with Crippen LogP contribution < -0.4 is 26.4 Å². The van der Waals surface area contributed by atoms with Crippen LogP contribution in [-0.2, 0) is 23.2 Å². The molecule has 7 rings (SSSR count). The fraction of sp³-hybridized carbons (Fsp3) is 0.419. The number of aryl methyl sites for hydroxylation is 1. The molecule has 58 heavy (non-hydrogen) atoms. The minimum Gasteiger partial charge on any atom is -0.392 e. The molecule has 2 amide bonds. The first-order valence-corrected chi connectivity index (χ1v) is 19.9. The van der Waals surface area contributed by atoms with Crippen LogP contribution in [0, 0.1) is 5.82 Å². The fourth-order valence-electron chi connectivity index (χ4n) is 7.75. The number of carbonyl (C=O) groups excluding carboxylic acids is 2. The van der Waals surface area contributed by atoms with Gasteiger partial charge in [-0.25, -0.2) is 14.4 Å². The molecule has 15 heteroatoms. The van der Waals surface area contributed by atoms with Crippen molar-refractivity contribution in [2.24, 2.45) is 7.05 Å². The molecular weight excluding hydrogens is 742 g/mol. The Labute approximate surface area is 337 Å². The number of ether oxygens (including phenoxy) is 1.